The van der Waals surface area contributed by atoms with Crippen molar-refractivity contribution in [2.24, 2.45) is 5.92 Å². The Morgan fingerprint density at radius 1 is 1.30 bits per heavy atom. The minimum absolute atomic E-state index is 0.0256. The van der Waals surface area contributed by atoms with Gasteiger partial charge < -0.3 is 10.4 Å². The van der Waals surface area contributed by atoms with Crippen LogP contribution in [-0.2, 0) is 4.79 Å². The summed E-state index contributed by atoms with van der Waals surface area (Å²) in [6, 6.07) is 6.30. The van der Waals surface area contributed by atoms with Crippen molar-refractivity contribution >= 4 is 17.7 Å². The molecule has 1 rings (SSSR count). The fraction of sp³-hybridized carbons (Fsp3) is 0.562. The predicted molar refractivity (Wildman–Crippen MR) is 86.0 cm³/mol. The van der Waals surface area contributed by atoms with Crippen LogP contribution in [0.4, 0.5) is 0 Å². The molecule has 2 N–H and O–H groups in total. The van der Waals surface area contributed by atoms with Gasteiger partial charge in [0.25, 0.3) is 0 Å². The fourth-order valence-electron chi connectivity index (χ4n) is 1.81. The molecule has 2 unspecified atom stereocenters. The van der Waals surface area contributed by atoms with Crippen LogP contribution >= 0.6 is 11.8 Å². The van der Waals surface area contributed by atoms with Crippen LogP contribution in [0.5, 0.6) is 0 Å². The summed E-state index contributed by atoms with van der Waals surface area (Å²) in [5, 5.41) is 11.9. The van der Waals surface area contributed by atoms with E-state index in [2.05, 4.69) is 37.4 Å². The van der Waals surface area contributed by atoms with E-state index >= 15 is 0 Å². The first-order valence-electron chi connectivity index (χ1n) is 6.99. The highest BCUT2D eigenvalue weighted by atomic mass is 32.2. The number of hydrogen-bond donors (Lipinski definition) is 2. The SMILES string of the molecule is Cc1ccc(C(C)NC(=O)CSCC(C)CO)cc1C. The van der Waals surface area contributed by atoms with Gasteiger partial charge in [0.15, 0.2) is 0 Å². The van der Waals surface area contributed by atoms with Crippen molar-refractivity contribution in [1.82, 2.24) is 5.32 Å². The molecular weight excluding hydrogens is 270 g/mol. The first-order valence-corrected chi connectivity index (χ1v) is 8.14. The molecule has 0 fully saturated rings. The predicted octanol–water partition coefficient (Wildman–Crippen LogP) is 2.84. The lowest BCUT2D eigenvalue weighted by Crippen LogP contribution is -2.28. The van der Waals surface area contributed by atoms with Gasteiger partial charge in [0.1, 0.15) is 0 Å². The van der Waals surface area contributed by atoms with Crippen molar-refractivity contribution < 1.29 is 9.90 Å². The Bertz CT molecular complexity index is 448. The molecule has 112 valence electrons. The molecule has 0 saturated carbocycles. The zero-order valence-electron chi connectivity index (χ0n) is 12.8. The monoisotopic (exact) mass is 295 g/mol. The average Bonchev–Trinajstić information content (AvgIpc) is 2.41. The molecule has 1 amide bonds. The van der Waals surface area contributed by atoms with Crippen LogP contribution < -0.4 is 5.32 Å². The van der Waals surface area contributed by atoms with E-state index in [1.807, 2.05) is 13.8 Å². The molecule has 0 aliphatic heterocycles. The van der Waals surface area contributed by atoms with E-state index in [0.717, 1.165) is 11.3 Å². The highest BCUT2D eigenvalue weighted by Crippen LogP contribution is 2.17. The summed E-state index contributed by atoms with van der Waals surface area (Å²) in [5.74, 6) is 1.54. The minimum atomic E-state index is 0.0256. The molecule has 0 aromatic heterocycles. The van der Waals surface area contributed by atoms with Crippen LogP contribution in [0.2, 0.25) is 0 Å². The van der Waals surface area contributed by atoms with Crippen molar-refractivity contribution in [3.05, 3.63) is 34.9 Å². The smallest absolute Gasteiger partial charge is 0.230 e. The van der Waals surface area contributed by atoms with Crippen LogP contribution in [0.1, 0.15) is 36.6 Å². The van der Waals surface area contributed by atoms with Gasteiger partial charge >= 0.3 is 0 Å². The third-order valence-corrected chi connectivity index (χ3v) is 4.63. The zero-order chi connectivity index (χ0) is 15.1. The number of nitrogens with one attached hydrogen (secondary N) is 1. The van der Waals surface area contributed by atoms with Crippen LogP contribution in [0, 0.1) is 19.8 Å². The Morgan fingerprint density at radius 3 is 2.60 bits per heavy atom. The Labute approximate surface area is 126 Å². The lowest BCUT2D eigenvalue weighted by molar-refractivity contribution is -0.119. The third-order valence-electron chi connectivity index (χ3n) is 3.36. The Morgan fingerprint density at radius 2 is 2.00 bits per heavy atom. The Balaban J connectivity index is 2.43. The van der Waals surface area contributed by atoms with Crippen molar-refractivity contribution in [2.75, 3.05) is 18.1 Å². The normalized spacial score (nSPS) is 13.8. The summed E-state index contributed by atoms with van der Waals surface area (Å²) >= 11 is 1.56. The zero-order valence-corrected chi connectivity index (χ0v) is 13.6. The quantitative estimate of drug-likeness (QED) is 0.813. The number of carbonyl (C=O) groups is 1. The van der Waals surface area contributed by atoms with Crippen LogP contribution in [0.3, 0.4) is 0 Å². The van der Waals surface area contributed by atoms with Gasteiger partial charge in [0.2, 0.25) is 5.91 Å². The maximum Gasteiger partial charge on any atom is 0.230 e. The van der Waals surface area contributed by atoms with Crippen LogP contribution in [0.15, 0.2) is 18.2 Å². The van der Waals surface area contributed by atoms with Crippen LogP contribution in [-0.4, -0.2) is 29.1 Å². The average molecular weight is 295 g/mol. The van der Waals surface area contributed by atoms with Crippen molar-refractivity contribution in [3.63, 3.8) is 0 Å². The van der Waals surface area contributed by atoms with Gasteiger partial charge in [-0.2, -0.15) is 11.8 Å². The standard InChI is InChI=1S/C16H25NO2S/c1-11(8-18)9-20-10-16(19)17-14(4)15-6-5-12(2)13(3)7-15/h5-7,11,14,18H,8-10H2,1-4H3,(H,17,19). The van der Waals surface area contributed by atoms with Gasteiger partial charge in [-0.05, 0) is 49.1 Å². The van der Waals surface area contributed by atoms with E-state index in [-0.39, 0.29) is 24.5 Å². The molecule has 20 heavy (non-hydrogen) atoms. The molecule has 0 heterocycles. The lowest BCUT2D eigenvalue weighted by Gasteiger charge is -2.16. The lowest BCUT2D eigenvalue weighted by atomic mass is 10.0. The number of carbonyl (C=O) groups excluding carboxylic acids is 1. The van der Waals surface area contributed by atoms with E-state index in [4.69, 9.17) is 5.11 Å². The summed E-state index contributed by atoms with van der Waals surface area (Å²) < 4.78 is 0. The number of aliphatic hydroxyl groups excluding tert-OH is 1. The summed E-state index contributed by atoms with van der Waals surface area (Å²) in [4.78, 5) is 11.9. The number of hydrogen-bond acceptors (Lipinski definition) is 3. The molecule has 0 bridgehead atoms. The fourth-order valence-corrected chi connectivity index (χ4v) is 2.70. The third kappa shape index (κ3) is 5.55. The summed E-state index contributed by atoms with van der Waals surface area (Å²) in [7, 11) is 0. The highest BCUT2D eigenvalue weighted by Gasteiger charge is 2.11. The van der Waals surface area contributed by atoms with E-state index in [9.17, 15) is 4.79 Å². The summed E-state index contributed by atoms with van der Waals surface area (Å²) in [6.45, 7) is 8.32. The minimum Gasteiger partial charge on any atom is -0.396 e. The number of amides is 1. The molecule has 2 atom stereocenters. The second-order valence-electron chi connectivity index (χ2n) is 5.44. The van der Waals surface area contributed by atoms with Crippen LogP contribution in [0.25, 0.3) is 0 Å². The topological polar surface area (TPSA) is 49.3 Å². The van der Waals surface area contributed by atoms with Gasteiger partial charge in [-0.3, -0.25) is 4.79 Å². The number of aliphatic hydroxyl groups is 1. The second-order valence-corrected chi connectivity index (χ2v) is 6.47. The van der Waals surface area contributed by atoms with Crippen molar-refractivity contribution in [3.8, 4) is 0 Å². The summed E-state index contributed by atoms with van der Waals surface area (Å²) in [5.41, 5.74) is 3.64. The highest BCUT2D eigenvalue weighted by molar-refractivity contribution is 7.99. The number of rotatable bonds is 7. The van der Waals surface area contributed by atoms with Crippen molar-refractivity contribution in [1.29, 1.82) is 0 Å². The summed E-state index contributed by atoms with van der Waals surface area (Å²) in [6.07, 6.45) is 0. The van der Waals surface area contributed by atoms with E-state index in [1.54, 1.807) is 11.8 Å². The van der Waals surface area contributed by atoms with E-state index < -0.39 is 0 Å². The molecule has 4 heteroatoms. The number of benzene rings is 1. The molecule has 0 radical (unpaired) electrons. The Hall–Kier alpha value is -1.00. The molecule has 3 nitrogen and oxygen atoms in total. The molecule has 0 aliphatic rings. The maximum absolute atomic E-state index is 11.9. The number of aryl methyl sites for hydroxylation is 2. The number of thioether (sulfide) groups is 1. The molecule has 0 aliphatic carbocycles. The Kier molecular flexibility index (Phi) is 7.10. The molecule has 0 saturated heterocycles. The van der Waals surface area contributed by atoms with Gasteiger partial charge in [0, 0.05) is 6.61 Å². The maximum atomic E-state index is 11.9. The van der Waals surface area contributed by atoms with Crippen molar-refractivity contribution in [2.45, 2.75) is 33.7 Å². The van der Waals surface area contributed by atoms with Gasteiger partial charge in [-0.15, -0.1) is 0 Å². The first kappa shape index (κ1) is 17.1. The second kappa shape index (κ2) is 8.32. The van der Waals surface area contributed by atoms with Gasteiger partial charge in [-0.25, -0.2) is 0 Å². The molecule has 1 aromatic carbocycles. The molecule has 0 spiro atoms. The molecular formula is C16H25NO2S. The largest absolute Gasteiger partial charge is 0.396 e. The van der Waals surface area contributed by atoms with E-state index in [0.29, 0.717) is 5.75 Å². The van der Waals surface area contributed by atoms with Gasteiger partial charge in [-0.1, -0.05) is 25.1 Å². The first-order chi connectivity index (χ1) is 9.43. The molecule has 1 aromatic rings. The van der Waals surface area contributed by atoms with Gasteiger partial charge in [0.05, 0.1) is 11.8 Å². The van der Waals surface area contributed by atoms with E-state index in [1.165, 1.54) is 11.1 Å².